The van der Waals surface area contributed by atoms with E-state index in [1.807, 2.05) is 6.08 Å². The summed E-state index contributed by atoms with van der Waals surface area (Å²) < 4.78 is 10.9. The third kappa shape index (κ3) is 2.72. The second kappa shape index (κ2) is 5.77. The van der Waals surface area contributed by atoms with Crippen LogP contribution in [-0.4, -0.2) is 12.2 Å². The van der Waals surface area contributed by atoms with Gasteiger partial charge in [0.15, 0.2) is 5.43 Å². The summed E-state index contributed by atoms with van der Waals surface area (Å²) in [6, 6.07) is 13.4. The summed E-state index contributed by atoms with van der Waals surface area (Å²) in [5, 5.41) is 9.69. The number of phenols is 1. The number of ether oxygens (including phenoxy) is 1. The normalized spacial score (nSPS) is 11.1. The molecule has 0 aliphatic heterocycles. The molecule has 0 aliphatic carbocycles. The summed E-state index contributed by atoms with van der Waals surface area (Å²) in [7, 11) is 1.52. The Morgan fingerprint density at radius 2 is 1.86 bits per heavy atom. The van der Waals surface area contributed by atoms with E-state index in [-0.39, 0.29) is 11.2 Å². The highest BCUT2D eigenvalue weighted by atomic mass is 16.5. The van der Waals surface area contributed by atoms with Gasteiger partial charge in [-0.1, -0.05) is 24.3 Å². The van der Waals surface area contributed by atoms with E-state index in [9.17, 15) is 9.90 Å². The van der Waals surface area contributed by atoms with E-state index in [0.717, 1.165) is 5.56 Å². The van der Waals surface area contributed by atoms with Crippen LogP contribution in [0.15, 0.2) is 57.7 Å². The van der Waals surface area contributed by atoms with Crippen molar-refractivity contribution in [2.24, 2.45) is 0 Å². The van der Waals surface area contributed by atoms with Gasteiger partial charge in [0, 0.05) is 6.07 Å². The van der Waals surface area contributed by atoms with Gasteiger partial charge in [-0.3, -0.25) is 4.79 Å². The molecule has 0 saturated heterocycles. The number of benzene rings is 2. The molecule has 3 aromatic rings. The van der Waals surface area contributed by atoms with Crippen molar-refractivity contribution in [2.75, 3.05) is 7.11 Å². The summed E-state index contributed by atoms with van der Waals surface area (Å²) >= 11 is 0. The van der Waals surface area contributed by atoms with E-state index in [4.69, 9.17) is 9.15 Å². The SMILES string of the molecule is COc1cccc2oc(/C=C/c3ccc(O)cc3)cc(=O)c12. The smallest absolute Gasteiger partial charge is 0.197 e. The quantitative estimate of drug-likeness (QED) is 0.800. The van der Waals surface area contributed by atoms with Crippen LogP contribution in [-0.2, 0) is 0 Å². The molecule has 4 nitrogen and oxygen atoms in total. The lowest BCUT2D eigenvalue weighted by Gasteiger charge is -2.04. The number of fused-ring (bicyclic) bond motifs is 1. The molecule has 0 atom stereocenters. The second-order valence-electron chi connectivity index (χ2n) is 4.77. The minimum Gasteiger partial charge on any atom is -0.508 e. The van der Waals surface area contributed by atoms with Crippen molar-refractivity contribution >= 4 is 23.1 Å². The molecule has 2 aromatic carbocycles. The molecule has 0 aliphatic rings. The zero-order chi connectivity index (χ0) is 15.5. The van der Waals surface area contributed by atoms with Crippen LogP contribution < -0.4 is 10.2 Å². The highest BCUT2D eigenvalue weighted by Gasteiger charge is 2.08. The van der Waals surface area contributed by atoms with Crippen LogP contribution >= 0.6 is 0 Å². The molecule has 22 heavy (non-hydrogen) atoms. The molecule has 0 bridgehead atoms. The maximum absolute atomic E-state index is 12.2. The van der Waals surface area contributed by atoms with E-state index < -0.39 is 0 Å². The van der Waals surface area contributed by atoms with Crippen LogP contribution in [0.1, 0.15) is 11.3 Å². The van der Waals surface area contributed by atoms with Crippen molar-refractivity contribution < 1.29 is 14.3 Å². The molecule has 0 amide bonds. The molecular formula is C18H14O4. The Morgan fingerprint density at radius 1 is 1.09 bits per heavy atom. The van der Waals surface area contributed by atoms with Gasteiger partial charge in [-0.25, -0.2) is 0 Å². The summed E-state index contributed by atoms with van der Waals surface area (Å²) in [4.78, 5) is 12.2. The van der Waals surface area contributed by atoms with Crippen molar-refractivity contribution in [3.8, 4) is 11.5 Å². The van der Waals surface area contributed by atoms with Crippen molar-refractivity contribution in [2.45, 2.75) is 0 Å². The number of hydrogen-bond acceptors (Lipinski definition) is 4. The van der Waals surface area contributed by atoms with Crippen LogP contribution in [0.3, 0.4) is 0 Å². The third-order valence-corrected chi connectivity index (χ3v) is 3.29. The maximum atomic E-state index is 12.2. The van der Waals surface area contributed by atoms with E-state index >= 15 is 0 Å². The van der Waals surface area contributed by atoms with Crippen molar-refractivity contribution in [3.63, 3.8) is 0 Å². The zero-order valence-electron chi connectivity index (χ0n) is 11.9. The molecule has 0 spiro atoms. The minimum atomic E-state index is -0.149. The first-order chi connectivity index (χ1) is 10.7. The maximum Gasteiger partial charge on any atom is 0.197 e. The van der Waals surface area contributed by atoms with Gasteiger partial charge in [-0.2, -0.15) is 0 Å². The number of aromatic hydroxyl groups is 1. The van der Waals surface area contributed by atoms with Crippen LogP contribution in [0.2, 0.25) is 0 Å². The Bertz CT molecular complexity index is 889. The molecule has 0 radical (unpaired) electrons. The van der Waals surface area contributed by atoms with Gasteiger partial charge < -0.3 is 14.3 Å². The van der Waals surface area contributed by atoms with Crippen LogP contribution in [0.5, 0.6) is 11.5 Å². The van der Waals surface area contributed by atoms with E-state index in [0.29, 0.717) is 22.5 Å². The lowest BCUT2D eigenvalue weighted by molar-refractivity contribution is 0.418. The number of methoxy groups -OCH3 is 1. The van der Waals surface area contributed by atoms with Crippen LogP contribution in [0, 0.1) is 0 Å². The van der Waals surface area contributed by atoms with Gasteiger partial charge in [0.05, 0.1) is 7.11 Å². The minimum absolute atomic E-state index is 0.149. The predicted molar refractivity (Wildman–Crippen MR) is 86.1 cm³/mol. The molecule has 1 aromatic heterocycles. The first-order valence-electron chi connectivity index (χ1n) is 6.75. The Hall–Kier alpha value is -3.01. The fourth-order valence-electron chi connectivity index (χ4n) is 2.21. The molecular weight excluding hydrogens is 280 g/mol. The number of phenolic OH excluding ortho intramolecular Hbond substituents is 1. The van der Waals surface area contributed by atoms with Crippen LogP contribution in [0.25, 0.3) is 23.1 Å². The highest BCUT2D eigenvalue weighted by molar-refractivity contribution is 5.84. The summed E-state index contributed by atoms with van der Waals surface area (Å²) in [6.07, 6.45) is 3.52. The Labute approximate surface area is 126 Å². The number of hydrogen-bond donors (Lipinski definition) is 1. The molecule has 4 heteroatoms. The van der Waals surface area contributed by atoms with Gasteiger partial charge in [0.25, 0.3) is 0 Å². The lowest BCUT2D eigenvalue weighted by Crippen LogP contribution is -2.02. The predicted octanol–water partition coefficient (Wildman–Crippen LogP) is 3.68. The van der Waals surface area contributed by atoms with Gasteiger partial charge >= 0.3 is 0 Å². The Balaban J connectivity index is 2.02. The molecule has 110 valence electrons. The van der Waals surface area contributed by atoms with Gasteiger partial charge in [0.1, 0.15) is 28.2 Å². The lowest BCUT2D eigenvalue weighted by atomic mass is 10.1. The third-order valence-electron chi connectivity index (χ3n) is 3.29. The first kappa shape index (κ1) is 13.9. The summed E-state index contributed by atoms with van der Waals surface area (Å²) in [6.45, 7) is 0. The van der Waals surface area contributed by atoms with Crippen molar-refractivity contribution in [1.82, 2.24) is 0 Å². The monoisotopic (exact) mass is 294 g/mol. The molecule has 0 fully saturated rings. The van der Waals surface area contributed by atoms with Crippen LogP contribution in [0.4, 0.5) is 0 Å². The van der Waals surface area contributed by atoms with E-state index in [1.165, 1.54) is 13.2 Å². The van der Waals surface area contributed by atoms with Gasteiger partial charge in [0.2, 0.25) is 0 Å². The largest absolute Gasteiger partial charge is 0.508 e. The standard InChI is InChI=1S/C18H14O4/c1-21-16-3-2-4-17-18(16)15(20)11-14(22-17)10-7-12-5-8-13(19)9-6-12/h2-11,19H,1H3/b10-7+. The molecule has 0 unspecified atom stereocenters. The topological polar surface area (TPSA) is 59.7 Å². The average Bonchev–Trinajstić information content (AvgIpc) is 2.53. The van der Waals surface area contributed by atoms with E-state index in [1.54, 1.807) is 48.5 Å². The fraction of sp³-hybridized carbons (Fsp3) is 0.0556. The Kier molecular flexibility index (Phi) is 3.66. The highest BCUT2D eigenvalue weighted by Crippen LogP contribution is 2.23. The van der Waals surface area contributed by atoms with Crippen molar-refractivity contribution in [1.29, 1.82) is 0 Å². The molecule has 0 saturated carbocycles. The molecule has 1 N–H and O–H groups in total. The molecule has 1 heterocycles. The first-order valence-corrected chi connectivity index (χ1v) is 6.75. The zero-order valence-corrected chi connectivity index (χ0v) is 11.9. The Morgan fingerprint density at radius 3 is 2.59 bits per heavy atom. The number of rotatable bonds is 3. The van der Waals surface area contributed by atoms with Gasteiger partial charge in [-0.15, -0.1) is 0 Å². The van der Waals surface area contributed by atoms with Gasteiger partial charge in [-0.05, 0) is 35.9 Å². The van der Waals surface area contributed by atoms with Crippen molar-refractivity contribution in [3.05, 3.63) is 70.1 Å². The average molecular weight is 294 g/mol. The second-order valence-corrected chi connectivity index (χ2v) is 4.77. The van der Waals surface area contributed by atoms with E-state index in [2.05, 4.69) is 0 Å². The summed E-state index contributed by atoms with van der Waals surface area (Å²) in [5.74, 6) is 1.17. The molecule has 3 rings (SSSR count). The summed E-state index contributed by atoms with van der Waals surface area (Å²) in [5.41, 5.74) is 1.23. The fourth-order valence-corrected chi connectivity index (χ4v) is 2.21.